The fourth-order valence-electron chi connectivity index (χ4n) is 4.47. The second-order valence-corrected chi connectivity index (χ2v) is 7.82. The van der Waals surface area contributed by atoms with Crippen LogP contribution in [0.2, 0.25) is 0 Å². The molecule has 2 fully saturated rings. The number of rotatable bonds is 4. The maximum absolute atomic E-state index is 14.9. The molecule has 25 heavy (non-hydrogen) atoms. The van der Waals surface area contributed by atoms with Crippen LogP contribution in [-0.4, -0.2) is 51.9 Å². The second kappa shape index (κ2) is 6.57. The molecule has 2 aromatic rings. The molecule has 2 saturated heterocycles. The lowest BCUT2D eigenvalue weighted by Gasteiger charge is -2.42. The Morgan fingerprint density at radius 3 is 2.72 bits per heavy atom. The smallest absolute Gasteiger partial charge is 0.118 e. The van der Waals surface area contributed by atoms with Gasteiger partial charge in [-0.2, -0.15) is 5.10 Å². The highest BCUT2D eigenvalue weighted by Crippen LogP contribution is 2.41. The molecule has 0 amide bonds. The summed E-state index contributed by atoms with van der Waals surface area (Å²) >= 11 is 0. The van der Waals surface area contributed by atoms with Crippen LogP contribution in [0.4, 0.5) is 4.39 Å². The van der Waals surface area contributed by atoms with Crippen LogP contribution in [-0.2, 0) is 20.1 Å². The van der Waals surface area contributed by atoms with Crippen LogP contribution in [0.5, 0.6) is 0 Å². The van der Waals surface area contributed by atoms with Crippen molar-refractivity contribution in [3.05, 3.63) is 41.6 Å². The highest BCUT2D eigenvalue weighted by Gasteiger charge is 2.48. The first-order valence-corrected chi connectivity index (χ1v) is 9.14. The third-order valence-corrected chi connectivity index (χ3v) is 5.71. The van der Waals surface area contributed by atoms with Gasteiger partial charge in [-0.15, -0.1) is 0 Å². The van der Waals surface area contributed by atoms with Gasteiger partial charge < -0.3 is 4.42 Å². The molecule has 0 N–H and O–H groups in total. The van der Waals surface area contributed by atoms with Gasteiger partial charge in [0.05, 0.1) is 12.7 Å². The van der Waals surface area contributed by atoms with Gasteiger partial charge in [0, 0.05) is 50.4 Å². The number of hydrogen-bond acceptors (Lipinski definition) is 4. The third kappa shape index (κ3) is 3.51. The van der Waals surface area contributed by atoms with E-state index >= 15 is 0 Å². The zero-order chi connectivity index (χ0) is 17.4. The van der Waals surface area contributed by atoms with Crippen LogP contribution in [0.1, 0.15) is 29.9 Å². The molecule has 0 aromatic carbocycles. The molecule has 2 aromatic heterocycles. The summed E-state index contributed by atoms with van der Waals surface area (Å²) in [5, 5.41) is 4.24. The van der Waals surface area contributed by atoms with E-state index in [1.807, 2.05) is 43.2 Å². The normalized spacial score (nSPS) is 28.2. The van der Waals surface area contributed by atoms with Crippen molar-refractivity contribution in [1.82, 2.24) is 19.6 Å². The van der Waals surface area contributed by atoms with E-state index in [1.54, 1.807) is 0 Å². The summed E-state index contributed by atoms with van der Waals surface area (Å²) in [6, 6.07) is 4.03. The van der Waals surface area contributed by atoms with Gasteiger partial charge in [0.2, 0.25) is 0 Å². The molecule has 0 aliphatic carbocycles. The van der Waals surface area contributed by atoms with Crippen LogP contribution < -0.4 is 0 Å². The van der Waals surface area contributed by atoms with Gasteiger partial charge in [0.25, 0.3) is 0 Å². The quantitative estimate of drug-likeness (QED) is 0.853. The van der Waals surface area contributed by atoms with E-state index in [4.69, 9.17) is 4.42 Å². The van der Waals surface area contributed by atoms with Gasteiger partial charge in [-0.05, 0) is 38.4 Å². The zero-order valence-electron chi connectivity index (χ0n) is 15.1. The van der Waals surface area contributed by atoms with Crippen molar-refractivity contribution in [2.75, 3.05) is 26.2 Å². The molecule has 1 spiro atoms. The second-order valence-electron chi connectivity index (χ2n) is 7.82. The van der Waals surface area contributed by atoms with E-state index in [2.05, 4.69) is 14.9 Å². The zero-order valence-corrected chi connectivity index (χ0v) is 15.1. The minimum atomic E-state index is -0.707. The third-order valence-electron chi connectivity index (χ3n) is 5.71. The molecule has 2 aliphatic rings. The first-order valence-electron chi connectivity index (χ1n) is 9.14. The minimum absolute atomic E-state index is 0.234. The van der Waals surface area contributed by atoms with Gasteiger partial charge in [0.1, 0.15) is 17.7 Å². The van der Waals surface area contributed by atoms with Gasteiger partial charge in [0.15, 0.2) is 0 Å². The maximum Gasteiger partial charge on any atom is 0.118 e. The molecule has 2 atom stereocenters. The number of hydrogen-bond donors (Lipinski definition) is 0. The molecule has 0 radical (unpaired) electrons. The molecular formula is C19H27FN4O. The lowest BCUT2D eigenvalue weighted by atomic mass is 9.77. The summed E-state index contributed by atoms with van der Waals surface area (Å²) in [5.74, 6) is 1.92. The van der Waals surface area contributed by atoms with Crippen molar-refractivity contribution >= 4 is 0 Å². The van der Waals surface area contributed by atoms with Crippen molar-refractivity contribution in [3.63, 3.8) is 0 Å². The van der Waals surface area contributed by atoms with Crippen LogP contribution in [0.25, 0.3) is 0 Å². The first kappa shape index (κ1) is 16.8. The van der Waals surface area contributed by atoms with E-state index in [9.17, 15) is 4.39 Å². The van der Waals surface area contributed by atoms with Crippen molar-refractivity contribution < 1.29 is 8.81 Å². The summed E-state index contributed by atoms with van der Waals surface area (Å²) in [5.41, 5.74) is 0.968. The van der Waals surface area contributed by atoms with E-state index < -0.39 is 6.17 Å². The molecule has 0 bridgehead atoms. The average Bonchev–Trinajstić information content (AvgIpc) is 3.27. The molecule has 0 saturated carbocycles. The Bertz CT molecular complexity index is 727. The van der Waals surface area contributed by atoms with Crippen molar-refractivity contribution in [1.29, 1.82) is 0 Å². The van der Waals surface area contributed by atoms with Crippen molar-refractivity contribution in [3.8, 4) is 0 Å². The molecule has 0 unspecified atom stereocenters. The Morgan fingerprint density at radius 1 is 1.24 bits per heavy atom. The molecule has 2 aliphatic heterocycles. The number of piperidine rings is 1. The van der Waals surface area contributed by atoms with Crippen LogP contribution in [0.15, 0.2) is 28.9 Å². The summed E-state index contributed by atoms with van der Waals surface area (Å²) in [6.45, 7) is 7.03. The van der Waals surface area contributed by atoms with E-state index in [-0.39, 0.29) is 5.41 Å². The predicted molar refractivity (Wildman–Crippen MR) is 93.8 cm³/mol. The summed E-state index contributed by atoms with van der Waals surface area (Å²) in [7, 11) is 1.93. The molecule has 4 heterocycles. The van der Waals surface area contributed by atoms with E-state index in [1.165, 1.54) is 5.56 Å². The standard InChI is InChI=1S/C19H27FN4O/c1-15-3-4-17(25-15)12-23-7-5-18(20)19(13-23)6-8-24(14-19)11-16-9-21-22(2)10-16/h3-4,9-10,18H,5-8,11-14H2,1-2H3/t18-,19-/m1/s1. The summed E-state index contributed by atoms with van der Waals surface area (Å²) in [4.78, 5) is 4.74. The lowest BCUT2D eigenvalue weighted by Crippen LogP contribution is -2.51. The molecule has 5 nitrogen and oxygen atoms in total. The molecule has 6 heteroatoms. The predicted octanol–water partition coefficient (Wildman–Crippen LogP) is 2.76. The Balaban J connectivity index is 1.41. The first-order chi connectivity index (χ1) is 12.0. The Morgan fingerprint density at radius 2 is 2.04 bits per heavy atom. The Kier molecular flexibility index (Phi) is 4.41. The van der Waals surface area contributed by atoms with Gasteiger partial charge in [-0.1, -0.05) is 0 Å². The van der Waals surface area contributed by atoms with Gasteiger partial charge >= 0.3 is 0 Å². The monoisotopic (exact) mass is 346 g/mol. The van der Waals surface area contributed by atoms with E-state index in [0.29, 0.717) is 6.42 Å². The molecule has 136 valence electrons. The summed E-state index contributed by atoms with van der Waals surface area (Å²) in [6.07, 6.45) is 4.80. The Labute approximate surface area is 148 Å². The largest absolute Gasteiger partial charge is 0.465 e. The van der Waals surface area contributed by atoms with Crippen molar-refractivity contribution in [2.45, 2.75) is 39.0 Å². The summed E-state index contributed by atoms with van der Waals surface area (Å²) < 4.78 is 22.4. The number of likely N-dealkylation sites (tertiary alicyclic amines) is 2. The molecular weight excluding hydrogens is 319 g/mol. The minimum Gasteiger partial charge on any atom is -0.465 e. The molecule has 4 rings (SSSR count). The SMILES string of the molecule is Cc1ccc(CN2CC[C@@H](F)[C@]3(CCN(Cc4cnn(C)c4)C3)C2)o1. The number of nitrogens with zero attached hydrogens (tertiary/aromatic N) is 4. The number of aromatic nitrogens is 2. The topological polar surface area (TPSA) is 37.4 Å². The van der Waals surface area contributed by atoms with Crippen molar-refractivity contribution in [2.24, 2.45) is 12.5 Å². The highest BCUT2D eigenvalue weighted by atomic mass is 19.1. The number of aryl methyl sites for hydroxylation is 2. The number of halogens is 1. The fourth-order valence-corrected chi connectivity index (χ4v) is 4.47. The van der Waals surface area contributed by atoms with Gasteiger partial charge in [-0.3, -0.25) is 14.5 Å². The van der Waals surface area contributed by atoms with Crippen LogP contribution in [0, 0.1) is 12.3 Å². The van der Waals surface area contributed by atoms with E-state index in [0.717, 1.165) is 57.2 Å². The average molecular weight is 346 g/mol. The van der Waals surface area contributed by atoms with Crippen LogP contribution in [0.3, 0.4) is 0 Å². The highest BCUT2D eigenvalue weighted by molar-refractivity contribution is 5.08. The van der Waals surface area contributed by atoms with Gasteiger partial charge in [-0.25, -0.2) is 4.39 Å². The number of alkyl halides is 1. The fraction of sp³-hybridized carbons (Fsp3) is 0.632. The maximum atomic E-state index is 14.9. The lowest BCUT2D eigenvalue weighted by molar-refractivity contribution is 0.00326. The van der Waals surface area contributed by atoms with Crippen LogP contribution >= 0.6 is 0 Å². The Hall–Kier alpha value is -1.66. The number of furan rings is 1.